The molecule has 0 amide bonds. The van der Waals surface area contributed by atoms with Gasteiger partial charge in [0.05, 0.1) is 0 Å². The van der Waals surface area contributed by atoms with Gasteiger partial charge in [-0.1, -0.05) is 42.5 Å². The summed E-state index contributed by atoms with van der Waals surface area (Å²) in [7, 11) is 0. The lowest BCUT2D eigenvalue weighted by Gasteiger charge is -2.00. The first-order valence-electron chi connectivity index (χ1n) is 8.57. The molecule has 2 aromatic rings. The molecule has 0 radical (unpaired) electrons. The molecule has 17 heavy (non-hydrogen) atoms. The van der Waals surface area contributed by atoms with Gasteiger partial charge in [0.25, 0.3) is 0 Å². The van der Waals surface area contributed by atoms with Crippen LogP contribution in [0, 0.1) is 34.5 Å². The minimum atomic E-state index is -2.26. The molecule has 0 spiro atoms. The van der Waals surface area contributed by atoms with Crippen LogP contribution < -0.4 is 0 Å². The summed E-state index contributed by atoms with van der Waals surface area (Å²) in [6, 6.07) is 12.7. The monoisotopic (exact) mass is 232 g/mol. The molecule has 0 nitrogen and oxygen atoms in total. The van der Waals surface area contributed by atoms with Gasteiger partial charge in [-0.15, -0.1) is 0 Å². The van der Waals surface area contributed by atoms with Gasteiger partial charge in [0, 0.05) is 8.22 Å². The summed E-state index contributed by atoms with van der Waals surface area (Å²) in [5.41, 5.74) is 3.28. The standard InChI is InChI=1S/C9H12.C8H10/c1-7-5-4-6-8(2)9(7)3;1-7-5-3-4-6-8(7)2/h4-6H,1-3H3;3-6H,1-2H3/i1D3,2D3;. The van der Waals surface area contributed by atoms with Crippen molar-refractivity contribution in [2.24, 2.45) is 0 Å². The van der Waals surface area contributed by atoms with E-state index in [1.165, 1.54) is 36.2 Å². The van der Waals surface area contributed by atoms with Gasteiger partial charge in [-0.25, -0.2) is 0 Å². The summed E-state index contributed by atoms with van der Waals surface area (Å²) < 4.78 is 43.6. The van der Waals surface area contributed by atoms with Gasteiger partial charge in [0.1, 0.15) is 0 Å². The minimum absolute atomic E-state index is 0.108. The van der Waals surface area contributed by atoms with Gasteiger partial charge in [-0.2, -0.15) is 0 Å². The maximum Gasteiger partial charge on any atom is 0.0280 e. The first kappa shape index (κ1) is 7.00. The first-order chi connectivity index (χ1) is 10.4. The highest BCUT2D eigenvalue weighted by molar-refractivity contribution is 5.31. The summed E-state index contributed by atoms with van der Waals surface area (Å²) >= 11 is 0. The van der Waals surface area contributed by atoms with Crippen molar-refractivity contribution in [1.82, 2.24) is 0 Å². The van der Waals surface area contributed by atoms with Crippen molar-refractivity contribution in [1.29, 1.82) is 0 Å². The Morgan fingerprint density at radius 3 is 1.41 bits per heavy atom. The second kappa shape index (κ2) is 6.24. The van der Waals surface area contributed by atoms with E-state index in [0.29, 0.717) is 5.56 Å². The molecule has 0 aromatic heterocycles. The van der Waals surface area contributed by atoms with Gasteiger partial charge in [-0.3, -0.25) is 0 Å². The lowest BCUT2D eigenvalue weighted by molar-refractivity contribution is 1.27. The number of rotatable bonds is 0. The lowest BCUT2D eigenvalue weighted by Crippen LogP contribution is -1.82. The molecule has 0 unspecified atom stereocenters. The molecule has 0 aliphatic heterocycles. The molecule has 0 fully saturated rings. The zero-order chi connectivity index (χ0) is 17.8. The van der Waals surface area contributed by atoms with Crippen LogP contribution in [0.3, 0.4) is 0 Å². The fraction of sp³-hybridized carbons (Fsp3) is 0.294. The fourth-order valence-electron chi connectivity index (χ4n) is 1.30. The molecular weight excluding hydrogens is 204 g/mol. The van der Waals surface area contributed by atoms with E-state index < -0.39 is 13.7 Å². The average Bonchev–Trinajstić information content (AvgIpc) is 2.40. The number of aryl methyl sites for hydroxylation is 4. The van der Waals surface area contributed by atoms with Crippen LogP contribution >= 0.6 is 0 Å². The molecule has 0 saturated carbocycles. The van der Waals surface area contributed by atoms with Crippen molar-refractivity contribution in [3.8, 4) is 0 Å². The zero-order valence-corrected chi connectivity index (χ0v) is 10.5. The fourth-order valence-corrected chi connectivity index (χ4v) is 1.30. The second-order valence-corrected chi connectivity index (χ2v) is 4.06. The van der Waals surface area contributed by atoms with Crippen molar-refractivity contribution in [3.63, 3.8) is 0 Å². The molecule has 0 bridgehead atoms. The Labute approximate surface area is 114 Å². The van der Waals surface area contributed by atoms with Gasteiger partial charge in [-0.05, 0) is 62.3 Å². The first-order valence-corrected chi connectivity index (χ1v) is 5.57. The number of hydrogen-bond donors (Lipinski definition) is 0. The number of hydrogen-bond acceptors (Lipinski definition) is 0. The van der Waals surface area contributed by atoms with Gasteiger partial charge < -0.3 is 0 Å². The Hall–Kier alpha value is -1.56. The maximum atomic E-state index is 7.26. The summed E-state index contributed by atoms with van der Waals surface area (Å²) in [4.78, 5) is 0. The second-order valence-electron chi connectivity index (χ2n) is 4.06. The molecule has 0 heterocycles. The van der Waals surface area contributed by atoms with Crippen LogP contribution in [0.4, 0.5) is 0 Å². The summed E-state index contributed by atoms with van der Waals surface area (Å²) in [5, 5.41) is 0. The number of benzene rings is 2. The third-order valence-electron chi connectivity index (χ3n) is 2.76. The van der Waals surface area contributed by atoms with Gasteiger partial charge in [0.15, 0.2) is 0 Å². The van der Waals surface area contributed by atoms with E-state index >= 15 is 0 Å². The van der Waals surface area contributed by atoms with Crippen LogP contribution in [0.5, 0.6) is 0 Å². The Morgan fingerprint density at radius 1 is 0.647 bits per heavy atom. The van der Waals surface area contributed by atoms with Crippen LogP contribution in [-0.2, 0) is 0 Å². The van der Waals surface area contributed by atoms with Crippen molar-refractivity contribution in [2.75, 3.05) is 0 Å². The van der Waals surface area contributed by atoms with Crippen LogP contribution in [0.25, 0.3) is 0 Å². The summed E-state index contributed by atoms with van der Waals surface area (Å²) in [5.74, 6) is 0. The molecule has 90 valence electrons. The Bertz CT molecular complexity index is 600. The predicted molar refractivity (Wildman–Crippen MR) is 76.6 cm³/mol. The van der Waals surface area contributed by atoms with E-state index in [9.17, 15) is 0 Å². The highest BCUT2D eigenvalue weighted by Crippen LogP contribution is 2.09. The van der Waals surface area contributed by atoms with Gasteiger partial charge in [0.2, 0.25) is 0 Å². The lowest BCUT2D eigenvalue weighted by atomic mass is 10.1. The highest BCUT2D eigenvalue weighted by Gasteiger charge is 1.91. The third kappa shape index (κ3) is 4.07. The van der Waals surface area contributed by atoms with Crippen molar-refractivity contribution in [3.05, 3.63) is 70.3 Å². The van der Waals surface area contributed by atoms with E-state index in [4.69, 9.17) is 8.22 Å². The third-order valence-corrected chi connectivity index (χ3v) is 2.76. The quantitative estimate of drug-likeness (QED) is 0.605. The topological polar surface area (TPSA) is 0 Å². The van der Waals surface area contributed by atoms with E-state index in [0.717, 1.165) is 0 Å². The van der Waals surface area contributed by atoms with E-state index in [1.807, 2.05) is 0 Å². The molecule has 0 aliphatic carbocycles. The molecule has 2 aromatic carbocycles. The van der Waals surface area contributed by atoms with E-state index in [1.54, 1.807) is 0 Å². The Morgan fingerprint density at radius 2 is 1.06 bits per heavy atom. The summed E-state index contributed by atoms with van der Waals surface area (Å²) in [6.45, 7) is 1.25. The molecule has 0 N–H and O–H groups in total. The maximum absolute atomic E-state index is 7.26. The van der Waals surface area contributed by atoms with Crippen molar-refractivity contribution < 1.29 is 8.22 Å². The molecular formula is C17H22. The van der Waals surface area contributed by atoms with Crippen LogP contribution in [0.1, 0.15) is 36.0 Å². The smallest absolute Gasteiger partial charge is 0.0280 e. The molecule has 0 saturated heterocycles. The van der Waals surface area contributed by atoms with Crippen LogP contribution in [0.2, 0.25) is 0 Å². The predicted octanol–water partition coefficient (Wildman–Crippen LogP) is 4.92. The summed E-state index contributed by atoms with van der Waals surface area (Å²) in [6.07, 6.45) is 0. The highest BCUT2D eigenvalue weighted by atomic mass is 14.0. The van der Waals surface area contributed by atoms with Crippen LogP contribution in [0.15, 0.2) is 42.5 Å². The molecule has 0 atom stereocenters. The largest absolute Gasteiger partial charge is 0.0620 e. The normalized spacial score (nSPS) is 16.2. The molecule has 0 heteroatoms. The van der Waals surface area contributed by atoms with Crippen molar-refractivity contribution >= 4 is 0 Å². The van der Waals surface area contributed by atoms with E-state index in [2.05, 4.69) is 38.1 Å². The Balaban J connectivity index is 0.000000277. The average molecular weight is 232 g/mol. The van der Waals surface area contributed by atoms with E-state index in [-0.39, 0.29) is 11.1 Å². The minimum Gasteiger partial charge on any atom is -0.0620 e. The Kier molecular flexibility index (Phi) is 2.57. The molecule has 2 rings (SSSR count). The van der Waals surface area contributed by atoms with Crippen molar-refractivity contribution in [2.45, 2.75) is 34.5 Å². The molecule has 0 aliphatic rings. The zero-order valence-electron chi connectivity index (χ0n) is 16.5. The van der Waals surface area contributed by atoms with Gasteiger partial charge >= 0.3 is 0 Å². The van der Waals surface area contributed by atoms with Crippen LogP contribution in [-0.4, -0.2) is 0 Å². The SMILES string of the molecule is Cc1ccccc1C.[2H]C([2H])([2H])c1cccc(C([2H])([2H])[2H])c1C.